The third-order valence-corrected chi connectivity index (χ3v) is 3.58. The highest BCUT2D eigenvalue weighted by Gasteiger charge is 2.15. The number of amides is 1. The predicted octanol–water partition coefficient (Wildman–Crippen LogP) is 1.53. The molecule has 0 radical (unpaired) electrons. The van der Waals surface area contributed by atoms with Gasteiger partial charge in [0.05, 0.1) is 16.6 Å². The normalized spacial score (nSPS) is 12.0. The maximum atomic E-state index is 10.9. The molecule has 1 aromatic carbocycles. The summed E-state index contributed by atoms with van der Waals surface area (Å²) in [4.78, 5) is 21.0. The molecule has 1 atom stereocenters. The van der Waals surface area contributed by atoms with E-state index in [-0.39, 0.29) is 10.9 Å². The number of nitrogens with zero attached hydrogens (tertiary/aromatic N) is 3. The van der Waals surface area contributed by atoms with E-state index in [2.05, 4.69) is 10.2 Å². The number of rotatable bonds is 6. The Balaban J connectivity index is 2.02. The Morgan fingerprint density at radius 1 is 1.43 bits per heavy atom. The molecule has 0 unspecified atom stereocenters. The first kappa shape index (κ1) is 15.0. The van der Waals surface area contributed by atoms with E-state index >= 15 is 0 Å². The first-order valence-electron chi connectivity index (χ1n) is 5.97. The molecule has 0 saturated heterocycles. The molecule has 110 valence electrons. The summed E-state index contributed by atoms with van der Waals surface area (Å²) in [5.41, 5.74) is 5.98. The largest absolute Gasteiger partial charge is 0.416 e. The molecule has 1 heterocycles. The summed E-state index contributed by atoms with van der Waals surface area (Å²) in [6, 6.07) is 6.08. The van der Waals surface area contributed by atoms with Gasteiger partial charge >= 0.3 is 0 Å². The minimum absolute atomic E-state index is 0.0239. The molecule has 0 bridgehead atoms. The molecule has 9 heteroatoms. The van der Waals surface area contributed by atoms with Crippen LogP contribution >= 0.6 is 11.8 Å². The Morgan fingerprint density at radius 2 is 2.10 bits per heavy atom. The van der Waals surface area contributed by atoms with Crippen molar-refractivity contribution in [2.75, 3.05) is 0 Å². The number of primary amides is 1. The number of thioether (sulfide) groups is 1. The van der Waals surface area contributed by atoms with Gasteiger partial charge in [-0.05, 0) is 12.5 Å². The van der Waals surface area contributed by atoms with Crippen LogP contribution in [0.4, 0.5) is 5.69 Å². The van der Waals surface area contributed by atoms with Crippen molar-refractivity contribution in [3.8, 4) is 0 Å². The van der Waals surface area contributed by atoms with Crippen LogP contribution in [0.3, 0.4) is 0 Å². The molecule has 21 heavy (non-hydrogen) atoms. The van der Waals surface area contributed by atoms with Crippen molar-refractivity contribution >= 4 is 23.4 Å². The molecule has 0 spiro atoms. The third-order valence-electron chi connectivity index (χ3n) is 2.63. The van der Waals surface area contributed by atoms with Crippen molar-refractivity contribution in [2.45, 2.75) is 23.8 Å². The Labute approximate surface area is 123 Å². The van der Waals surface area contributed by atoms with Crippen LogP contribution in [0.15, 0.2) is 33.9 Å². The topological polar surface area (TPSA) is 125 Å². The van der Waals surface area contributed by atoms with E-state index in [1.54, 1.807) is 19.1 Å². The van der Waals surface area contributed by atoms with Crippen LogP contribution in [0.5, 0.6) is 0 Å². The maximum absolute atomic E-state index is 10.9. The van der Waals surface area contributed by atoms with Gasteiger partial charge in [-0.2, -0.15) is 0 Å². The highest BCUT2D eigenvalue weighted by atomic mass is 32.2. The Bertz CT molecular complexity index is 656. The summed E-state index contributed by atoms with van der Waals surface area (Å²) >= 11 is 1.09. The van der Waals surface area contributed by atoms with Gasteiger partial charge in [0, 0.05) is 12.1 Å². The maximum Gasteiger partial charge on any atom is 0.277 e. The van der Waals surface area contributed by atoms with Crippen LogP contribution in [0.1, 0.15) is 18.4 Å². The number of nitro groups is 1. The monoisotopic (exact) mass is 308 g/mol. The van der Waals surface area contributed by atoms with Crippen LogP contribution in [-0.4, -0.2) is 26.3 Å². The fourth-order valence-corrected chi connectivity index (χ4v) is 2.13. The van der Waals surface area contributed by atoms with E-state index in [1.165, 1.54) is 12.1 Å². The number of aromatic nitrogens is 2. The Hall–Kier alpha value is -2.42. The first-order valence-corrected chi connectivity index (χ1v) is 6.85. The van der Waals surface area contributed by atoms with Gasteiger partial charge in [0.1, 0.15) is 0 Å². The number of nitrogens with two attached hydrogens (primary N) is 1. The number of hydrogen-bond acceptors (Lipinski definition) is 7. The van der Waals surface area contributed by atoms with Crippen molar-refractivity contribution in [1.29, 1.82) is 0 Å². The molecule has 2 rings (SSSR count). The first-order chi connectivity index (χ1) is 9.95. The predicted molar refractivity (Wildman–Crippen MR) is 74.7 cm³/mol. The second-order valence-electron chi connectivity index (χ2n) is 4.22. The van der Waals surface area contributed by atoms with Crippen LogP contribution in [-0.2, 0) is 11.2 Å². The van der Waals surface area contributed by atoms with Gasteiger partial charge in [0.25, 0.3) is 10.9 Å². The molecule has 0 aliphatic carbocycles. The van der Waals surface area contributed by atoms with Gasteiger partial charge in [-0.3, -0.25) is 14.9 Å². The zero-order chi connectivity index (χ0) is 15.4. The SMILES string of the molecule is C[C@@H](Sc1nnc(Cc2ccc([N+](=O)[O-])cc2)o1)C(N)=O. The van der Waals surface area contributed by atoms with Crippen molar-refractivity contribution in [2.24, 2.45) is 5.73 Å². The summed E-state index contributed by atoms with van der Waals surface area (Å²) in [5.74, 6) is -0.0989. The van der Waals surface area contributed by atoms with Crippen LogP contribution < -0.4 is 5.73 Å². The Morgan fingerprint density at radius 3 is 2.67 bits per heavy atom. The summed E-state index contributed by atoms with van der Waals surface area (Å²) in [6.07, 6.45) is 0.358. The highest BCUT2D eigenvalue weighted by molar-refractivity contribution is 8.00. The Kier molecular flexibility index (Phi) is 4.53. The minimum atomic E-state index is -0.463. The molecule has 1 aromatic heterocycles. The van der Waals surface area contributed by atoms with Gasteiger partial charge in [0.15, 0.2) is 0 Å². The molecule has 0 fully saturated rings. The lowest BCUT2D eigenvalue weighted by atomic mass is 10.1. The van der Waals surface area contributed by atoms with Crippen molar-refractivity contribution in [3.63, 3.8) is 0 Å². The van der Waals surface area contributed by atoms with Gasteiger partial charge < -0.3 is 10.2 Å². The molecule has 0 aliphatic rings. The number of non-ortho nitro benzene ring substituents is 1. The van der Waals surface area contributed by atoms with Crippen LogP contribution in [0, 0.1) is 10.1 Å². The van der Waals surface area contributed by atoms with Crippen molar-refractivity contribution in [1.82, 2.24) is 10.2 Å². The molecule has 8 nitrogen and oxygen atoms in total. The standard InChI is InChI=1S/C12H12N4O4S/c1-7(11(13)17)21-12-15-14-10(20-12)6-8-2-4-9(5-3-8)16(18)19/h2-5,7H,6H2,1H3,(H2,13,17)/t7-/m1/s1. The number of carbonyl (C=O) groups excluding carboxylic acids is 1. The lowest BCUT2D eigenvalue weighted by Crippen LogP contribution is -2.22. The van der Waals surface area contributed by atoms with E-state index in [4.69, 9.17) is 10.2 Å². The second-order valence-corrected chi connectivity index (χ2v) is 5.52. The molecule has 0 aliphatic heterocycles. The van der Waals surface area contributed by atoms with Gasteiger partial charge in [-0.15, -0.1) is 10.2 Å². The highest BCUT2D eigenvalue weighted by Crippen LogP contribution is 2.22. The van der Waals surface area contributed by atoms with Gasteiger partial charge in [0.2, 0.25) is 11.8 Å². The molecule has 0 saturated carbocycles. The quantitative estimate of drug-likeness (QED) is 0.487. The molecule has 2 aromatic rings. The summed E-state index contributed by atoms with van der Waals surface area (Å²) in [5, 5.41) is 18.0. The van der Waals surface area contributed by atoms with E-state index < -0.39 is 16.1 Å². The molecular weight excluding hydrogens is 296 g/mol. The second kappa shape index (κ2) is 6.35. The van der Waals surface area contributed by atoms with Crippen molar-refractivity contribution in [3.05, 3.63) is 45.8 Å². The average Bonchev–Trinajstić information content (AvgIpc) is 2.86. The summed E-state index contributed by atoms with van der Waals surface area (Å²) in [6.45, 7) is 1.65. The molecular formula is C12H12N4O4S. The van der Waals surface area contributed by atoms with Crippen molar-refractivity contribution < 1.29 is 14.1 Å². The zero-order valence-electron chi connectivity index (χ0n) is 11.1. The van der Waals surface area contributed by atoms with Crippen LogP contribution in [0.2, 0.25) is 0 Å². The zero-order valence-corrected chi connectivity index (χ0v) is 11.9. The minimum Gasteiger partial charge on any atom is -0.416 e. The van der Waals surface area contributed by atoms with Gasteiger partial charge in [-0.25, -0.2) is 0 Å². The lowest BCUT2D eigenvalue weighted by Gasteiger charge is -2.01. The lowest BCUT2D eigenvalue weighted by molar-refractivity contribution is -0.384. The summed E-state index contributed by atoms with van der Waals surface area (Å²) < 4.78 is 5.39. The third kappa shape index (κ3) is 4.02. The van der Waals surface area contributed by atoms with E-state index in [0.717, 1.165) is 17.3 Å². The number of benzene rings is 1. The van der Waals surface area contributed by atoms with Crippen LogP contribution in [0.25, 0.3) is 0 Å². The smallest absolute Gasteiger partial charge is 0.277 e. The average molecular weight is 308 g/mol. The number of hydrogen-bond donors (Lipinski definition) is 1. The van der Waals surface area contributed by atoms with E-state index in [1.807, 2.05) is 0 Å². The van der Waals surface area contributed by atoms with Gasteiger partial charge in [-0.1, -0.05) is 23.9 Å². The number of nitro benzene ring substituents is 1. The molecule has 2 N–H and O–H groups in total. The molecule has 1 amide bonds. The van der Waals surface area contributed by atoms with E-state index in [0.29, 0.717) is 12.3 Å². The summed E-state index contributed by atoms with van der Waals surface area (Å²) in [7, 11) is 0. The van der Waals surface area contributed by atoms with E-state index in [9.17, 15) is 14.9 Å². The fourth-order valence-electron chi connectivity index (χ4n) is 1.48. The number of carbonyl (C=O) groups is 1. The fraction of sp³-hybridized carbons (Fsp3) is 0.250.